The van der Waals surface area contributed by atoms with Crippen molar-refractivity contribution in [3.63, 3.8) is 0 Å². The van der Waals surface area contributed by atoms with Crippen LogP contribution in [-0.4, -0.2) is 41.6 Å². The second-order valence-corrected chi connectivity index (χ2v) is 5.22. The Kier molecular flexibility index (Phi) is 3.03. The molecule has 2 aromatic rings. The molecule has 0 aliphatic carbocycles. The number of aromatic nitrogens is 1. The van der Waals surface area contributed by atoms with Gasteiger partial charge in [0.2, 0.25) is 0 Å². The van der Waals surface area contributed by atoms with E-state index < -0.39 is 0 Å². The number of fused-ring (bicyclic) bond motifs is 1. The Labute approximate surface area is 113 Å². The molecule has 1 N–H and O–H groups in total. The number of hydrogen-bond donors (Lipinski definition) is 1. The van der Waals surface area contributed by atoms with Gasteiger partial charge in [0.05, 0.1) is 5.56 Å². The molecule has 2 heterocycles. The second kappa shape index (κ2) is 4.70. The van der Waals surface area contributed by atoms with Crippen molar-refractivity contribution in [1.82, 2.24) is 14.8 Å². The van der Waals surface area contributed by atoms with Crippen LogP contribution in [0, 0.1) is 6.92 Å². The van der Waals surface area contributed by atoms with E-state index in [4.69, 9.17) is 0 Å². The fourth-order valence-electron chi connectivity index (χ4n) is 2.71. The average molecular weight is 257 g/mol. The lowest BCUT2D eigenvalue weighted by molar-refractivity contribution is 0.0737. The van der Waals surface area contributed by atoms with Crippen molar-refractivity contribution >= 4 is 16.8 Å². The second-order valence-electron chi connectivity index (χ2n) is 5.22. The first-order chi connectivity index (χ1) is 9.16. The molecular weight excluding hydrogens is 238 g/mol. The lowest BCUT2D eigenvalue weighted by Gasteiger charge is -2.27. The van der Waals surface area contributed by atoms with Crippen LogP contribution in [0.4, 0.5) is 0 Å². The van der Waals surface area contributed by atoms with E-state index >= 15 is 0 Å². The van der Waals surface area contributed by atoms with E-state index in [0.29, 0.717) is 0 Å². The molecule has 0 bridgehead atoms. The minimum Gasteiger partial charge on any atom is -0.350 e. The summed E-state index contributed by atoms with van der Waals surface area (Å²) in [6.45, 7) is 5.42. The number of rotatable bonds is 1. The van der Waals surface area contributed by atoms with E-state index in [1.807, 2.05) is 22.7 Å². The Morgan fingerprint density at radius 2 is 2.00 bits per heavy atom. The van der Waals surface area contributed by atoms with Gasteiger partial charge >= 0.3 is 0 Å². The minimum absolute atomic E-state index is 0.151. The summed E-state index contributed by atoms with van der Waals surface area (Å²) in [6, 6.07) is 6.27. The van der Waals surface area contributed by atoms with Gasteiger partial charge in [0.25, 0.3) is 5.91 Å². The van der Waals surface area contributed by atoms with Crippen LogP contribution in [0.2, 0.25) is 0 Å². The van der Waals surface area contributed by atoms with Crippen molar-refractivity contribution < 1.29 is 4.79 Å². The normalized spacial score (nSPS) is 16.0. The van der Waals surface area contributed by atoms with Crippen LogP contribution in [0.15, 0.2) is 24.4 Å². The summed E-state index contributed by atoms with van der Waals surface area (Å²) in [6.07, 6.45) is 1.95. The number of nitrogens with zero attached hydrogens (tertiary/aromatic N) is 2. The highest BCUT2D eigenvalue weighted by atomic mass is 16.2. The van der Waals surface area contributed by atoms with E-state index in [-0.39, 0.29) is 5.91 Å². The van der Waals surface area contributed by atoms with Gasteiger partial charge in [0, 0.05) is 50.3 Å². The van der Waals surface area contributed by atoms with Crippen LogP contribution in [-0.2, 0) is 7.05 Å². The summed E-state index contributed by atoms with van der Waals surface area (Å²) in [7, 11) is 1.99. The number of carbonyl (C=O) groups excluding carboxylic acids is 1. The number of carbonyl (C=O) groups is 1. The summed E-state index contributed by atoms with van der Waals surface area (Å²) in [4.78, 5) is 14.6. The van der Waals surface area contributed by atoms with Crippen LogP contribution >= 0.6 is 0 Å². The predicted molar refractivity (Wildman–Crippen MR) is 76.4 cm³/mol. The highest BCUT2D eigenvalue weighted by Crippen LogP contribution is 2.23. The highest BCUT2D eigenvalue weighted by molar-refractivity contribution is 6.07. The third-order valence-electron chi connectivity index (χ3n) is 3.78. The van der Waals surface area contributed by atoms with Crippen molar-refractivity contribution in [2.45, 2.75) is 6.92 Å². The molecule has 0 atom stereocenters. The van der Waals surface area contributed by atoms with Gasteiger partial charge in [-0.25, -0.2) is 0 Å². The molecule has 1 fully saturated rings. The number of amides is 1. The molecule has 100 valence electrons. The molecule has 0 radical (unpaired) electrons. The van der Waals surface area contributed by atoms with Crippen molar-refractivity contribution in [3.05, 3.63) is 35.5 Å². The summed E-state index contributed by atoms with van der Waals surface area (Å²) >= 11 is 0. The van der Waals surface area contributed by atoms with Gasteiger partial charge in [0.15, 0.2) is 0 Å². The molecule has 3 rings (SSSR count). The number of piperazine rings is 1. The summed E-state index contributed by atoms with van der Waals surface area (Å²) < 4.78 is 2.03. The van der Waals surface area contributed by atoms with Crippen molar-refractivity contribution in [2.75, 3.05) is 26.2 Å². The molecule has 1 aromatic carbocycles. The monoisotopic (exact) mass is 257 g/mol. The molecule has 1 aliphatic heterocycles. The molecule has 19 heavy (non-hydrogen) atoms. The first kappa shape index (κ1) is 12.2. The van der Waals surface area contributed by atoms with E-state index in [1.165, 1.54) is 5.56 Å². The molecule has 1 amide bonds. The Morgan fingerprint density at radius 3 is 2.74 bits per heavy atom. The Hall–Kier alpha value is -1.81. The molecule has 0 spiro atoms. The van der Waals surface area contributed by atoms with Crippen LogP contribution in [0.5, 0.6) is 0 Å². The molecule has 1 aromatic heterocycles. The Morgan fingerprint density at radius 1 is 1.26 bits per heavy atom. The minimum atomic E-state index is 0.151. The first-order valence-electron chi connectivity index (χ1n) is 6.72. The van der Waals surface area contributed by atoms with Gasteiger partial charge in [-0.2, -0.15) is 0 Å². The zero-order valence-electron chi connectivity index (χ0n) is 11.4. The quantitative estimate of drug-likeness (QED) is 0.841. The van der Waals surface area contributed by atoms with Gasteiger partial charge in [-0.1, -0.05) is 11.6 Å². The predicted octanol–water partition coefficient (Wildman–Crippen LogP) is 1.53. The molecule has 0 saturated carbocycles. The molecule has 4 nitrogen and oxygen atoms in total. The van der Waals surface area contributed by atoms with Crippen molar-refractivity contribution in [3.8, 4) is 0 Å². The molecule has 0 unspecified atom stereocenters. The Balaban J connectivity index is 2.04. The van der Waals surface area contributed by atoms with E-state index in [9.17, 15) is 4.79 Å². The van der Waals surface area contributed by atoms with E-state index in [0.717, 1.165) is 42.6 Å². The first-order valence-corrected chi connectivity index (χ1v) is 6.72. The molecular formula is C15H19N3O. The summed E-state index contributed by atoms with van der Waals surface area (Å²) in [5.41, 5.74) is 3.13. The van der Waals surface area contributed by atoms with Gasteiger partial charge in [0.1, 0.15) is 0 Å². The zero-order valence-corrected chi connectivity index (χ0v) is 11.4. The van der Waals surface area contributed by atoms with Crippen LogP contribution < -0.4 is 5.32 Å². The third kappa shape index (κ3) is 2.12. The van der Waals surface area contributed by atoms with E-state index in [2.05, 4.69) is 30.4 Å². The van der Waals surface area contributed by atoms with Gasteiger partial charge in [-0.15, -0.1) is 0 Å². The van der Waals surface area contributed by atoms with Crippen LogP contribution in [0.1, 0.15) is 15.9 Å². The van der Waals surface area contributed by atoms with Crippen LogP contribution in [0.3, 0.4) is 0 Å². The molecule has 1 aliphatic rings. The number of nitrogens with one attached hydrogen (secondary N) is 1. The average Bonchev–Trinajstić information content (AvgIpc) is 2.75. The SMILES string of the molecule is Cc1ccc2c(c1)c(C(=O)N1CCNCC1)cn2C. The maximum Gasteiger partial charge on any atom is 0.256 e. The fourth-order valence-corrected chi connectivity index (χ4v) is 2.71. The fraction of sp³-hybridized carbons (Fsp3) is 0.400. The smallest absolute Gasteiger partial charge is 0.256 e. The number of aryl methyl sites for hydroxylation is 2. The summed E-state index contributed by atoms with van der Waals surface area (Å²) in [5.74, 6) is 0.151. The maximum atomic E-state index is 12.6. The largest absolute Gasteiger partial charge is 0.350 e. The molecule has 1 saturated heterocycles. The number of benzene rings is 1. The van der Waals surface area contributed by atoms with Gasteiger partial charge < -0.3 is 14.8 Å². The third-order valence-corrected chi connectivity index (χ3v) is 3.78. The zero-order chi connectivity index (χ0) is 13.4. The topological polar surface area (TPSA) is 37.3 Å². The maximum absolute atomic E-state index is 12.6. The van der Waals surface area contributed by atoms with Crippen LogP contribution in [0.25, 0.3) is 10.9 Å². The van der Waals surface area contributed by atoms with Gasteiger partial charge in [-0.05, 0) is 19.1 Å². The van der Waals surface area contributed by atoms with Crippen molar-refractivity contribution in [1.29, 1.82) is 0 Å². The number of hydrogen-bond acceptors (Lipinski definition) is 2. The van der Waals surface area contributed by atoms with E-state index in [1.54, 1.807) is 0 Å². The Bertz CT molecular complexity index is 624. The lowest BCUT2D eigenvalue weighted by Crippen LogP contribution is -2.46. The lowest BCUT2D eigenvalue weighted by atomic mass is 10.1. The standard InChI is InChI=1S/C15H19N3O/c1-11-3-4-14-12(9-11)13(10-17(14)2)15(19)18-7-5-16-6-8-18/h3-4,9-10,16H,5-8H2,1-2H3. The van der Waals surface area contributed by atoms with Crippen molar-refractivity contribution in [2.24, 2.45) is 7.05 Å². The summed E-state index contributed by atoms with van der Waals surface area (Å²) in [5, 5.41) is 4.33. The molecule has 4 heteroatoms. The van der Waals surface area contributed by atoms with Gasteiger partial charge in [-0.3, -0.25) is 4.79 Å². The highest BCUT2D eigenvalue weighted by Gasteiger charge is 2.21.